The monoisotopic (exact) mass is 414 g/mol. The van der Waals surface area contributed by atoms with E-state index in [4.69, 9.17) is 9.47 Å². The number of nitriles is 1. The molecule has 2 aromatic rings. The van der Waals surface area contributed by atoms with Crippen molar-refractivity contribution >= 4 is 27.9 Å². The van der Waals surface area contributed by atoms with E-state index in [-0.39, 0.29) is 5.57 Å². The van der Waals surface area contributed by atoms with Crippen LogP contribution in [0.3, 0.4) is 0 Å². The Balaban J connectivity index is 2.19. The number of amides is 1. The largest absolute Gasteiger partial charge is 0.488 e. The second-order valence-corrected chi connectivity index (χ2v) is 6.29. The highest BCUT2D eigenvalue weighted by atomic mass is 79.9. The van der Waals surface area contributed by atoms with E-state index in [1.54, 1.807) is 19.2 Å². The van der Waals surface area contributed by atoms with E-state index in [0.29, 0.717) is 31.1 Å². The van der Waals surface area contributed by atoms with Crippen molar-refractivity contribution in [2.75, 3.05) is 20.3 Å². The summed E-state index contributed by atoms with van der Waals surface area (Å²) in [6.45, 7) is 1.11. The van der Waals surface area contributed by atoms with Crippen LogP contribution in [0.5, 0.6) is 5.75 Å². The molecular formula is C20H19BrN2O3. The first-order valence-corrected chi connectivity index (χ1v) is 8.78. The molecule has 0 bridgehead atoms. The van der Waals surface area contributed by atoms with Crippen LogP contribution in [0.1, 0.15) is 11.1 Å². The third-order valence-electron chi connectivity index (χ3n) is 3.47. The minimum atomic E-state index is -0.446. The Bertz CT molecular complexity index is 814. The summed E-state index contributed by atoms with van der Waals surface area (Å²) in [4.78, 5) is 12.1. The van der Waals surface area contributed by atoms with E-state index in [1.165, 1.54) is 6.08 Å². The smallest absolute Gasteiger partial charge is 0.262 e. The maximum atomic E-state index is 12.1. The highest BCUT2D eigenvalue weighted by molar-refractivity contribution is 9.10. The predicted molar refractivity (Wildman–Crippen MR) is 103 cm³/mol. The van der Waals surface area contributed by atoms with Crippen LogP contribution in [-0.4, -0.2) is 26.2 Å². The van der Waals surface area contributed by atoms with Crippen molar-refractivity contribution in [3.05, 3.63) is 69.7 Å². The van der Waals surface area contributed by atoms with Gasteiger partial charge in [0.25, 0.3) is 5.91 Å². The average Bonchev–Trinajstić information content (AvgIpc) is 2.66. The lowest BCUT2D eigenvalue weighted by Crippen LogP contribution is -2.27. The molecule has 0 heterocycles. The van der Waals surface area contributed by atoms with Crippen LogP contribution in [0, 0.1) is 11.3 Å². The number of methoxy groups -OCH3 is 1. The molecule has 0 spiro atoms. The molecule has 0 radical (unpaired) electrons. The molecule has 0 fully saturated rings. The normalized spacial score (nSPS) is 10.9. The fourth-order valence-corrected chi connectivity index (χ4v) is 2.54. The van der Waals surface area contributed by atoms with Crippen molar-refractivity contribution in [1.82, 2.24) is 5.32 Å². The van der Waals surface area contributed by atoms with Crippen molar-refractivity contribution in [2.24, 2.45) is 0 Å². The number of carbonyl (C=O) groups is 1. The van der Waals surface area contributed by atoms with Gasteiger partial charge in [-0.1, -0.05) is 46.3 Å². The van der Waals surface area contributed by atoms with E-state index < -0.39 is 5.91 Å². The molecule has 2 aromatic carbocycles. The predicted octanol–water partition coefficient (Wildman–Crippen LogP) is 3.70. The van der Waals surface area contributed by atoms with Crippen LogP contribution in [0.4, 0.5) is 0 Å². The lowest BCUT2D eigenvalue weighted by Gasteiger charge is -2.11. The second-order valence-electron chi connectivity index (χ2n) is 5.37. The lowest BCUT2D eigenvalue weighted by molar-refractivity contribution is -0.117. The van der Waals surface area contributed by atoms with E-state index in [0.717, 1.165) is 10.0 Å². The van der Waals surface area contributed by atoms with Gasteiger partial charge in [0, 0.05) is 23.7 Å². The summed E-state index contributed by atoms with van der Waals surface area (Å²) in [5, 5.41) is 12.0. The SMILES string of the molecule is COCCNC(=O)/C(C#N)=C/c1cc(Br)ccc1OCc1ccccc1. The van der Waals surface area contributed by atoms with Gasteiger partial charge in [-0.05, 0) is 29.8 Å². The fraction of sp³-hybridized carbons (Fsp3) is 0.200. The number of carbonyl (C=O) groups excluding carboxylic acids is 1. The van der Waals surface area contributed by atoms with Gasteiger partial charge in [-0.25, -0.2) is 0 Å². The summed E-state index contributed by atoms with van der Waals surface area (Å²) in [5.41, 5.74) is 1.68. The van der Waals surface area contributed by atoms with Gasteiger partial charge in [0.05, 0.1) is 6.61 Å². The molecule has 0 aliphatic rings. The van der Waals surface area contributed by atoms with Crippen LogP contribution in [0.25, 0.3) is 6.08 Å². The highest BCUT2D eigenvalue weighted by Crippen LogP contribution is 2.26. The minimum Gasteiger partial charge on any atom is -0.488 e. The first-order valence-electron chi connectivity index (χ1n) is 7.99. The molecule has 1 N–H and O–H groups in total. The quantitative estimate of drug-likeness (QED) is 0.406. The fourth-order valence-electron chi connectivity index (χ4n) is 2.16. The average molecular weight is 415 g/mol. The van der Waals surface area contributed by atoms with E-state index in [9.17, 15) is 10.1 Å². The molecule has 0 saturated heterocycles. The number of nitrogens with zero attached hydrogens (tertiary/aromatic N) is 1. The molecule has 0 atom stereocenters. The van der Waals surface area contributed by atoms with Gasteiger partial charge in [-0.3, -0.25) is 4.79 Å². The van der Waals surface area contributed by atoms with Gasteiger partial charge in [0.1, 0.15) is 24.0 Å². The third-order valence-corrected chi connectivity index (χ3v) is 3.96. The molecule has 0 aromatic heterocycles. The highest BCUT2D eigenvalue weighted by Gasteiger charge is 2.11. The summed E-state index contributed by atoms with van der Waals surface area (Å²) < 4.78 is 11.6. The molecule has 6 heteroatoms. The zero-order valence-electron chi connectivity index (χ0n) is 14.4. The van der Waals surface area contributed by atoms with Gasteiger partial charge in [-0.2, -0.15) is 5.26 Å². The van der Waals surface area contributed by atoms with Crippen LogP contribution in [-0.2, 0) is 16.1 Å². The minimum absolute atomic E-state index is 0.00349. The van der Waals surface area contributed by atoms with Crippen molar-refractivity contribution in [3.8, 4) is 11.8 Å². The molecule has 0 aliphatic heterocycles. The summed E-state index contributed by atoms with van der Waals surface area (Å²) in [5.74, 6) is 0.146. The first-order chi connectivity index (χ1) is 12.6. The van der Waals surface area contributed by atoms with E-state index in [1.807, 2.05) is 42.5 Å². The molecule has 2 rings (SSSR count). The summed E-state index contributed by atoms with van der Waals surface area (Å²) in [6.07, 6.45) is 1.52. The zero-order chi connectivity index (χ0) is 18.8. The van der Waals surface area contributed by atoms with Crippen LogP contribution >= 0.6 is 15.9 Å². The van der Waals surface area contributed by atoms with Gasteiger partial charge < -0.3 is 14.8 Å². The molecule has 0 saturated carbocycles. The van der Waals surface area contributed by atoms with Crippen LogP contribution in [0.2, 0.25) is 0 Å². The third kappa shape index (κ3) is 6.03. The number of nitrogens with one attached hydrogen (secondary N) is 1. The second kappa shape index (κ2) is 10.4. The first kappa shape index (κ1) is 19.7. The number of hydrogen-bond acceptors (Lipinski definition) is 4. The van der Waals surface area contributed by atoms with Gasteiger partial charge >= 0.3 is 0 Å². The van der Waals surface area contributed by atoms with Crippen molar-refractivity contribution in [2.45, 2.75) is 6.61 Å². The zero-order valence-corrected chi connectivity index (χ0v) is 16.0. The molecule has 134 valence electrons. The molecule has 1 amide bonds. The Labute approximate surface area is 161 Å². The molecule has 5 nitrogen and oxygen atoms in total. The van der Waals surface area contributed by atoms with E-state index in [2.05, 4.69) is 21.2 Å². The molecule has 26 heavy (non-hydrogen) atoms. The Hall–Kier alpha value is -2.62. The van der Waals surface area contributed by atoms with E-state index >= 15 is 0 Å². The summed E-state index contributed by atoms with van der Waals surface area (Å²) in [6, 6.07) is 17.2. The van der Waals surface area contributed by atoms with Crippen molar-refractivity contribution in [3.63, 3.8) is 0 Å². The van der Waals surface area contributed by atoms with Crippen molar-refractivity contribution < 1.29 is 14.3 Å². The maximum Gasteiger partial charge on any atom is 0.262 e. The number of benzene rings is 2. The Morgan fingerprint density at radius 2 is 2.04 bits per heavy atom. The topological polar surface area (TPSA) is 71.3 Å². The van der Waals surface area contributed by atoms with Gasteiger partial charge in [0.15, 0.2) is 0 Å². The Kier molecular flexibility index (Phi) is 7.87. The maximum absolute atomic E-state index is 12.1. The standard InChI is InChI=1S/C20H19BrN2O3/c1-25-10-9-23-20(24)17(13-22)11-16-12-18(21)7-8-19(16)26-14-15-5-3-2-4-6-15/h2-8,11-12H,9-10,14H2,1H3,(H,23,24)/b17-11+. The lowest BCUT2D eigenvalue weighted by atomic mass is 10.1. The molecule has 0 unspecified atom stereocenters. The summed E-state index contributed by atoms with van der Waals surface area (Å²) in [7, 11) is 1.55. The van der Waals surface area contributed by atoms with Crippen LogP contribution in [0.15, 0.2) is 58.6 Å². The number of rotatable bonds is 8. The van der Waals surface area contributed by atoms with Crippen LogP contribution < -0.4 is 10.1 Å². The molecule has 0 aliphatic carbocycles. The Morgan fingerprint density at radius 1 is 1.27 bits per heavy atom. The summed E-state index contributed by atoms with van der Waals surface area (Å²) >= 11 is 3.41. The van der Waals surface area contributed by atoms with Gasteiger partial charge in [0.2, 0.25) is 0 Å². The molecular weight excluding hydrogens is 396 g/mol. The number of hydrogen-bond donors (Lipinski definition) is 1. The Morgan fingerprint density at radius 3 is 2.73 bits per heavy atom. The van der Waals surface area contributed by atoms with Gasteiger partial charge in [-0.15, -0.1) is 0 Å². The number of ether oxygens (including phenoxy) is 2. The van der Waals surface area contributed by atoms with Crippen molar-refractivity contribution in [1.29, 1.82) is 5.26 Å². The number of halogens is 1.